The number of methoxy groups -OCH3 is 1. The number of thioether (sulfide) groups is 1. The number of halogens is 3. The number of fused-ring (bicyclic) bond motifs is 1. The molecule has 0 aliphatic carbocycles. The summed E-state index contributed by atoms with van der Waals surface area (Å²) in [5.41, 5.74) is 1.36. The van der Waals surface area contributed by atoms with Gasteiger partial charge < -0.3 is 14.7 Å². The fraction of sp³-hybridized carbons (Fsp3) is 0.444. The lowest BCUT2D eigenvalue weighted by Crippen LogP contribution is -2.43. The van der Waals surface area contributed by atoms with Gasteiger partial charge in [0, 0.05) is 48.0 Å². The zero-order valence-electron chi connectivity index (χ0n) is 19.8. The fourth-order valence-electron chi connectivity index (χ4n) is 4.91. The number of pyridine rings is 1. The average molecular weight is 505 g/mol. The van der Waals surface area contributed by atoms with Crippen LogP contribution in [-0.2, 0) is 0 Å². The van der Waals surface area contributed by atoms with Crippen molar-refractivity contribution in [3.63, 3.8) is 0 Å². The topological polar surface area (TPSA) is 45.6 Å². The van der Waals surface area contributed by atoms with Gasteiger partial charge in [-0.05, 0) is 79.6 Å². The fourth-order valence-corrected chi connectivity index (χ4v) is 5.89. The van der Waals surface area contributed by atoms with Crippen LogP contribution in [0, 0.1) is 23.5 Å². The van der Waals surface area contributed by atoms with Gasteiger partial charge in [-0.1, -0.05) is 0 Å². The van der Waals surface area contributed by atoms with Crippen molar-refractivity contribution in [1.29, 1.82) is 0 Å². The van der Waals surface area contributed by atoms with Crippen LogP contribution in [0.3, 0.4) is 0 Å². The quantitative estimate of drug-likeness (QED) is 0.341. The van der Waals surface area contributed by atoms with Gasteiger partial charge in [-0.3, -0.25) is 4.98 Å². The van der Waals surface area contributed by atoms with Crippen LogP contribution in [0.4, 0.5) is 13.2 Å². The van der Waals surface area contributed by atoms with Crippen molar-refractivity contribution in [2.75, 3.05) is 39.1 Å². The van der Waals surface area contributed by atoms with Gasteiger partial charge in [0.15, 0.2) is 0 Å². The summed E-state index contributed by atoms with van der Waals surface area (Å²) >= 11 is 1.42. The number of aromatic nitrogens is 1. The predicted octanol–water partition coefficient (Wildman–Crippen LogP) is 6.04. The maximum Gasteiger partial charge on any atom is 0.127 e. The highest BCUT2D eigenvalue weighted by atomic mass is 32.2. The molecule has 4 nitrogen and oxygen atoms in total. The molecule has 3 atom stereocenters. The molecule has 0 amide bonds. The second-order valence-corrected chi connectivity index (χ2v) is 10.2. The van der Waals surface area contributed by atoms with E-state index in [0.717, 1.165) is 43.0 Å². The molecule has 1 aliphatic heterocycles. The lowest BCUT2D eigenvalue weighted by atomic mass is 9.81. The third-order valence-electron chi connectivity index (χ3n) is 6.83. The summed E-state index contributed by atoms with van der Waals surface area (Å²) in [5, 5.41) is 10.8. The Balaban J connectivity index is 1.29. The van der Waals surface area contributed by atoms with E-state index in [-0.39, 0.29) is 18.4 Å². The monoisotopic (exact) mass is 504 g/mol. The number of aliphatic hydroxyl groups is 1. The van der Waals surface area contributed by atoms with E-state index in [9.17, 15) is 13.9 Å². The smallest absolute Gasteiger partial charge is 0.127 e. The van der Waals surface area contributed by atoms with E-state index in [2.05, 4.69) is 9.88 Å². The van der Waals surface area contributed by atoms with Crippen molar-refractivity contribution in [3.8, 4) is 5.75 Å². The number of benzene rings is 2. The molecule has 0 unspecified atom stereocenters. The molecule has 1 N–H and O–H groups in total. The lowest BCUT2D eigenvalue weighted by Gasteiger charge is -2.38. The van der Waals surface area contributed by atoms with E-state index in [1.165, 1.54) is 23.9 Å². The van der Waals surface area contributed by atoms with Gasteiger partial charge in [0.2, 0.25) is 0 Å². The molecule has 8 heteroatoms. The zero-order valence-corrected chi connectivity index (χ0v) is 20.6. The molecular weight excluding hydrogens is 473 g/mol. The molecule has 0 spiro atoms. The Kier molecular flexibility index (Phi) is 8.92. The molecule has 0 bridgehead atoms. The van der Waals surface area contributed by atoms with Crippen LogP contribution in [-0.4, -0.2) is 54.1 Å². The van der Waals surface area contributed by atoms with E-state index in [1.807, 2.05) is 18.2 Å². The molecule has 35 heavy (non-hydrogen) atoms. The molecule has 188 valence electrons. The van der Waals surface area contributed by atoms with Gasteiger partial charge in [0.1, 0.15) is 23.6 Å². The zero-order chi connectivity index (χ0) is 24.8. The largest absolute Gasteiger partial charge is 0.497 e. The van der Waals surface area contributed by atoms with Crippen LogP contribution in [0.15, 0.2) is 53.6 Å². The van der Waals surface area contributed by atoms with Gasteiger partial charge in [-0.15, -0.1) is 11.8 Å². The summed E-state index contributed by atoms with van der Waals surface area (Å²) in [5.74, 6) is 0.574. The molecule has 1 aliphatic rings. The highest BCUT2D eigenvalue weighted by molar-refractivity contribution is 7.99. The molecule has 4 rings (SSSR count). The number of likely N-dealkylation sites (tertiary alicyclic amines) is 1. The number of hydrogen-bond donors (Lipinski definition) is 1. The van der Waals surface area contributed by atoms with Gasteiger partial charge in [0.05, 0.1) is 12.6 Å². The minimum Gasteiger partial charge on any atom is -0.497 e. The van der Waals surface area contributed by atoms with Crippen LogP contribution < -0.4 is 4.74 Å². The molecule has 0 radical (unpaired) electrons. The number of nitrogens with zero attached hydrogens (tertiary/aromatic N) is 2. The molecule has 2 heterocycles. The first kappa shape index (κ1) is 25.8. The molecular formula is C27H31F3N2O2S. The van der Waals surface area contributed by atoms with Crippen molar-refractivity contribution >= 4 is 22.7 Å². The molecule has 1 fully saturated rings. The van der Waals surface area contributed by atoms with Crippen LogP contribution in [0.1, 0.15) is 31.0 Å². The first-order valence-electron chi connectivity index (χ1n) is 12.0. The Morgan fingerprint density at radius 3 is 2.69 bits per heavy atom. The lowest BCUT2D eigenvalue weighted by molar-refractivity contribution is 0.0672. The maximum absolute atomic E-state index is 15.4. The Bertz CT molecular complexity index is 1110. The summed E-state index contributed by atoms with van der Waals surface area (Å²) in [4.78, 5) is 7.18. The number of aliphatic hydroxyl groups excluding tert-OH is 1. The molecule has 0 saturated carbocycles. The van der Waals surface area contributed by atoms with Crippen LogP contribution in [0.25, 0.3) is 10.9 Å². The van der Waals surface area contributed by atoms with Gasteiger partial charge in [-0.2, -0.15) is 0 Å². The second kappa shape index (κ2) is 12.1. The van der Waals surface area contributed by atoms with Crippen LogP contribution in [0.5, 0.6) is 5.75 Å². The van der Waals surface area contributed by atoms with E-state index >= 15 is 4.39 Å². The average Bonchev–Trinajstić information content (AvgIpc) is 2.86. The van der Waals surface area contributed by atoms with E-state index in [4.69, 9.17) is 4.74 Å². The van der Waals surface area contributed by atoms with E-state index in [0.29, 0.717) is 34.8 Å². The van der Waals surface area contributed by atoms with Crippen molar-refractivity contribution in [3.05, 3.63) is 65.9 Å². The highest BCUT2D eigenvalue weighted by Gasteiger charge is 2.29. The number of alkyl halides is 1. The Morgan fingerprint density at radius 2 is 1.94 bits per heavy atom. The summed E-state index contributed by atoms with van der Waals surface area (Å²) in [7, 11) is 1.59. The molecule has 1 saturated heterocycles. The molecule has 1 aromatic heterocycles. The van der Waals surface area contributed by atoms with E-state index < -0.39 is 17.8 Å². The third-order valence-corrected chi connectivity index (χ3v) is 7.79. The molecule has 2 aromatic carbocycles. The van der Waals surface area contributed by atoms with Crippen molar-refractivity contribution < 1.29 is 23.0 Å². The predicted molar refractivity (Wildman–Crippen MR) is 134 cm³/mol. The van der Waals surface area contributed by atoms with Crippen LogP contribution in [0.2, 0.25) is 0 Å². The first-order valence-corrected chi connectivity index (χ1v) is 12.9. The summed E-state index contributed by atoms with van der Waals surface area (Å²) in [6, 6.07) is 10.8. The van der Waals surface area contributed by atoms with Gasteiger partial charge >= 0.3 is 0 Å². The SMILES string of the molecule is COc1ccc2nccc([C@@H](F)CC[C@@H]3CCN(CCSc4cc(F)cc(F)c4)C[C@@H]3CO)c2c1. The minimum absolute atomic E-state index is 0.0652. The summed E-state index contributed by atoms with van der Waals surface area (Å²) in [6.45, 7) is 2.44. The van der Waals surface area contributed by atoms with Crippen molar-refractivity contribution in [2.24, 2.45) is 11.8 Å². The number of hydrogen-bond acceptors (Lipinski definition) is 5. The molecule has 3 aromatic rings. The number of piperidine rings is 1. The van der Waals surface area contributed by atoms with E-state index in [1.54, 1.807) is 19.4 Å². The van der Waals surface area contributed by atoms with Gasteiger partial charge in [0.25, 0.3) is 0 Å². The minimum atomic E-state index is -1.12. The number of rotatable bonds is 10. The number of ether oxygens (including phenoxy) is 1. The standard InChI is InChI=1S/C27H31F3N2O2S/c1-34-22-3-5-27-25(15-22)24(6-8-31-27)26(30)4-2-18-7-9-32(16-19(18)17-33)10-11-35-23-13-20(28)12-21(29)14-23/h3,5-6,8,12-15,18-19,26,33H,2,4,7,9-11,16-17H2,1H3/t18-,19-,26+/m1/s1. The summed E-state index contributed by atoms with van der Waals surface area (Å²) < 4.78 is 47.4. The van der Waals surface area contributed by atoms with Crippen molar-refractivity contribution in [2.45, 2.75) is 30.3 Å². The second-order valence-electron chi connectivity index (χ2n) is 9.07. The Hall–Kier alpha value is -2.29. The maximum atomic E-state index is 15.4. The highest BCUT2D eigenvalue weighted by Crippen LogP contribution is 2.35. The first-order chi connectivity index (χ1) is 17.0. The Labute approximate surface area is 208 Å². The van der Waals surface area contributed by atoms with Gasteiger partial charge in [-0.25, -0.2) is 13.2 Å². The Morgan fingerprint density at radius 1 is 1.14 bits per heavy atom. The van der Waals surface area contributed by atoms with Crippen molar-refractivity contribution in [1.82, 2.24) is 9.88 Å². The normalized spacial score (nSPS) is 19.7. The van der Waals surface area contributed by atoms with Crippen LogP contribution >= 0.6 is 11.8 Å². The summed E-state index contributed by atoms with van der Waals surface area (Å²) in [6.07, 6.45) is 2.50. The third kappa shape index (κ3) is 6.68.